The number of hydrogen-bond acceptors (Lipinski definition) is 3. The zero-order chi connectivity index (χ0) is 10.4. The fourth-order valence-electron chi connectivity index (χ4n) is 1.66. The highest BCUT2D eigenvalue weighted by atomic mass is 16.2. The van der Waals surface area contributed by atoms with Gasteiger partial charge >= 0.3 is 5.69 Å². The Hall–Kier alpha value is -2.37. The number of fused-ring (bicyclic) bond motifs is 3. The van der Waals surface area contributed by atoms with Crippen molar-refractivity contribution < 1.29 is 0 Å². The van der Waals surface area contributed by atoms with Gasteiger partial charge in [0.1, 0.15) is 0 Å². The molecule has 0 saturated carbocycles. The van der Waals surface area contributed by atoms with Crippen molar-refractivity contribution in [3.8, 4) is 0 Å². The molecule has 3 heterocycles. The molecule has 0 spiro atoms. The van der Waals surface area contributed by atoms with Crippen molar-refractivity contribution in [3.63, 3.8) is 0 Å². The third-order valence-corrected chi connectivity index (χ3v) is 2.26. The summed E-state index contributed by atoms with van der Waals surface area (Å²) in [6.45, 7) is 0. The molecule has 6 nitrogen and oxygen atoms in total. The van der Waals surface area contributed by atoms with Crippen LogP contribution in [0.15, 0.2) is 34.1 Å². The molecule has 0 aliphatic heterocycles. The van der Waals surface area contributed by atoms with Crippen molar-refractivity contribution in [2.75, 3.05) is 0 Å². The quantitative estimate of drug-likeness (QED) is 0.532. The first-order valence-electron chi connectivity index (χ1n) is 4.34. The topological polar surface area (TPSA) is 83.0 Å². The Labute approximate surface area is 82.2 Å². The predicted octanol–water partition coefficient (Wildman–Crippen LogP) is -0.136. The van der Waals surface area contributed by atoms with E-state index in [4.69, 9.17) is 0 Å². The van der Waals surface area contributed by atoms with E-state index in [1.807, 2.05) is 0 Å². The first-order valence-corrected chi connectivity index (χ1v) is 4.34. The summed E-state index contributed by atoms with van der Waals surface area (Å²) in [5.74, 6) is 0. The van der Waals surface area contributed by atoms with Crippen molar-refractivity contribution in [2.24, 2.45) is 0 Å². The molecule has 0 atom stereocenters. The van der Waals surface area contributed by atoms with Crippen LogP contribution in [0.1, 0.15) is 0 Å². The number of H-pyrrole nitrogens is 2. The van der Waals surface area contributed by atoms with Crippen molar-refractivity contribution >= 4 is 16.4 Å². The molecule has 0 aliphatic rings. The molecule has 0 fully saturated rings. The highest BCUT2D eigenvalue weighted by Crippen LogP contribution is 2.13. The van der Waals surface area contributed by atoms with Crippen LogP contribution in [0.25, 0.3) is 16.4 Å². The molecule has 74 valence electrons. The molecule has 0 saturated heterocycles. The van der Waals surface area contributed by atoms with Gasteiger partial charge in [0.15, 0.2) is 0 Å². The first-order chi connectivity index (χ1) is 7.25. The first kappa shape index (κ1) is 7.98. The van der Waals surface area contributed by atoms with Crippen LogP contribution >= 0.6 is 0 Å². The zero-order valence-electron chi connectivity index (χ0n) is 7.52. The second-order valence-electron chi connectivity index (χ2n) is 3.18. The van der Waals surface area contributed by atoms with Crippen LogP contribution in [-0.2, 0) is 0 Å². The largest absolute Gasteiger partial charge is 0.326 e. The molecule has 3 aromatic rings. The summed E-state index contributed by atoms with van der Waals surface area (Å²) in [6.07, 6.45) is 3.22. The van der Waals surface area contributed by atoms with Gasteiger partial charge in [0.2, 0.25) is 0 Å². The molecule has 0 unspecified atom stereocenters. The van der Waals surface area contributed by atoms with E-state index in [1.165, 1.54) is 0 Å². The standard InChI is InChI=1S/C9H6N4O2/c14-8-7-5(11-9(15)12-8)4-13-6(7)2-1-3-10-13/h1-4H,(H2,11,12,14,15). The lowest BCUT2D eigenvalue weighted by Gasteiger charge is -1.89. The Morgan fingerprint density at radius 3 is 3.00 bits per heavy atom. The van der Waals surface area contributed by atoms with Gasteiger partial charge in [-0.3, -0.25) is 9.78 Å². The number of nitrogens with zero attached hydrogens (tertiary/aromatic N) is 2. The van der Waals surface area contributed by atoms with Gasteiger partial charge in [-0.05, 0) is 12.1 Å². The molecular formula is C9H6N4O2. The average Bonchev–Trinajstić information content (AvgIpc) is 2.54. The second kappa shape index (κ2) is 2.57. The summed E-state index contributed by atoms with van der Waals surface area (Å²) in [6, 6.07) is 3.50. The molecule has 0 aliphatic carbocycles. The average molecular weight is 202 g/mol. The lowest BCUT2D eigenvalue weighted by atomic mass is 10.3. The van der Waals surface area contributed by atoms with E-state index in [9.17, 15) is 9.59 Å². The number of hydrogen-bond donors (Lipinski definition) is 2. The van der Waals surface area contributed by atoms with E-state index in [-0.39, 0.29) is 0 Å². The highest BCUT2D eigenvalue weighted by Gasteiger charge is 2.07. The van der Waals surface area contributed by atoms with Crippen LogP contribution in [0, 0.1) is 0 Å². The SMILES string of the molecule is O=c1[nH]c(=O)c2c(cn3ncccc23)[nH]1. The molecule has 2 N–H and O–H groups in total. The van der Waals surface area contributed by atoms with E-state index in [0.717, 1.165) is 0 Å². The van der Waals surface area contributed by atoms with E-state index in [1.54, 1.807) is 29.0 Å². The van der Waals surface area contributed by atoms with Gasteiger partial charge in [-0.25, -0.2) is 9.31 Å². The van der Waals surface area contributed by atoms with Crippen LogP contribution in [0.2, 0.25) is 0 Å². The van der Waals surface area contributed by atoms with Gasteiger partial charge in [0.05, 0.1) is 22.6 Å². The van der Waals surface area contributed by atoms with Gasteiger partial charge in [-0.2, -0.15) is 5.10 Å². The van der Waals surface area contributed by atoms with Gasteiger partial charge in [-0.15, -0.1) is 0 Å². The van der Waals surface area contributed by atoms with Crippen molar-refractivity contribution in [3.05, 3.63) is 45.4 Å². The number of nitrogens with one attached hydrogen (secondary N) is 2. The summed E-state index contributed by atoms with van der Waals surface area (Å²) in [5, 5.41) is 4.48. The normalized spacial score (nSPS) is 11.2. The van der Waals surface area contributed by atoms with E-state index in [0.29, 0.717) is 16.4 Å². The van der Waals surface area contributed by atoms with Crippen LogP contribution in [0.4, 0.5) is 0 Å². The van der Waals surface area contributed by atoms with Crippen LogP contribution in [0.3, 0.4) is 0 Å². The monoisotopic (exact) mass is 202 g/mol. The minimum atomic E-state index is -0.511. The Morgan fingerprint density at radius 1 is 1.27 bits per heavy atom. The maximum atomic E-state index is 11.6. The second-order valence-corrected chi connectivity index (χ2v) is 3.18. The lowest BCUT2D eigenvalue weighted by Crippen LogP contribution is -2.21. The minimum absolute atomic E-state index is 0.399. The maximum absolute atomic E-state index is 11.6. The molecule has 3 rings (SSSR count). The third kappa shape index (κ3) is 1.01. The summed E-state index contributed by atoms with van der Waals surface area (Å²) in [7, 11) is 0. The Morgan fingerprint density at radius 2 is 2.13 bits per heavy atom. The third-order valence-electron chi connectivity index (χ3n) is 2.26. The van der Waals surface area contributed by atoms with Crippen LogP contribution < -0.4 is 11.2 Å². The molecular weight excluding hydrogens is 196 g/mol. The molecule has 0 amide bonds. The molecule has 0 bridgehead atoms. The van der Waals surface area contributed by atoms with E-state index >= 15 is 0 Å². The van der Waals surface area contributed by atoms with Gasteiger partial charge in [0.25, 0.3) is 5.56 Å². The fraction of sp³-hybridized carbons (Fsp3) is 0. The maximum Gasteiger partial charge on any atom is 0.326 e. The lowest BCUT2D eigenvalue weighted by molar-refractivity contribution is 0.943. The zero-order valence-corrected chi connectivity index (χ0v) is 7.52. The molecule has 0 radical (unpaired) electrons. The Bertz CT molecular complexity index is 765. The summed E-state index contributed by atoms with van der Waals surface area (Å²) >= 11 is 0. The van der Waals surface area contributed by atoms with Crippen molar-refractivity contribution in [1.82, 2.24) is 19.6 Å². The highest BCUT2D eigenvalue weighted by molar-refractivity contribution is 5.93. The van der Waals surface area contributed by atoms with Gasteiger partial charge < -0.3 is 4.98 Å². The fourth-order valence-corrected chi connectivity index (χ4v) is 1.66. The summed E-state index contributed by atoms with van der Waals surface area (Å²) < 4.78 is 1.55. The Kier molecular flexibility index (Phi) is 1.37. The molecule has 3 aromatic heterocycles. The van der Waals surface area contributed by atoms with Gasteiger partial charge in [-0.1, -0.05) is 0 Å². The van der Waals surface area contributed by atoms with Crippen molar-refractivity contribution in [1.29, 1.82) is 0 Å². The number of aromatic amines is 2. The molecule has 15 heavy (non-hydrogen) atoms. The minimum Gasteiger partial charge on any atom is -0.305 e. The van der Waals surface area contributed by atoms with E-state index < -0.39 is 11.2 Å². The van der Waals surface area contributed by atoms with Crippen LogP contribution in [-0.4, -0.2) is 19.6 Å². The van der Waals surface area contributed by atoms with Crippen LogP contribution in [0.5, 0.6) is 0 Å². The Balaban J connectivity index is 2.73. The summed E-state index contributed by atoms with van der Waals surface area (Å²) in [5.41, 5.74) is 0.250. The van der Waals surface area contributed by atoms with Crippen molar-refractivity contribution in [2.45, 2.75) is 0 Å². The molecule has 0 aromatic carbocycles. The van der Waals surface area contributed by atoms with E-state index in [2.05, 4.69) is 15.1 Å². The smallest absolute Gasteiger partial charge is 0.305 e. The predicted molar refractivity (Wildman–Crippen MR) is 53.9 cm³/mol. The molecule has 6 heteroatoms. The number of rotatable bonds is 0. The number of aromatic nitrogens is 4. The van der Waals surface area contributed by atoms with Gasteiger partial charge in [0, 0.05) is 6.20 Å². The summed E-state index contributed by atoms with van der Waals surface area (Å²) in [4.78, 5) is 27.3.